The van der Waals surface area contributed by atoms with E-state index < -0.39 is 0 Å². The predicted molar refractivity (Wildman–Crippen MR) is 103 cm³/mol. The summed E-state index contributed by atoms with van der Waals surface area (Å²) in [5, 5.41) is 9.45. The first-order valence-electron chi connectivity index (χ1n) is 9.04. The molecule has 0 radical (unpaired) electrons. The molecule has 25 heavy (non-hydrogen) atoms. The minimum Gasteiger partial charge on any atom is -0.496 e. The van der Waals surface area contributed by atoms with Crippen molar-refractivity contribution in [2.75, 3.05) is 26.7 Å². The topological polar surface area (TPSA) is 74.8 Å². The van der Waals surface area contributed by atoms with Crippen molar-refractivity contribution in [3.63, 3.8) is 0 Å². The molecule has 1 aromatic carbocycles. The number of carbonyl (C=O) groups excluding carboxylic acids is 1. The second kappa shape index (κ2) is 12.2. The summed E-state index contributed by atoms with van der Waals surface area (Å²) in [6, 6.07) is 8.20. The molecule has 1 rings (SSSR count). The van der Waals surface area contributed by atoms with Gasteiger partial charge in [-0.25, -0.2) is 0 Å². The highest BCUT2D eigenvalue weighted by Gasteiger charge is 2.06. The van der Waals surface area contributed by atoms with E-state index in [9.17, 15) is 4.79 Å². The SMILES string of the molecule is CCNC(=NCCC(=O)NC(C)CC)NCCc1ccccc1OC. The van der Waals surface area contributed by atoms with Gasteiger partial charge in [0.2, 0.25) is 5.91 Å². The van der Waals surface area contributed by atoms with Gasteiger partial charge in [-0.3, -0.25) is 9.79 Å². The van der Waals surface area contributed by atoms with Gasteiger partial charge >= 0.3 is 0 Å². The molecule has 1 aromatic rings. The van der Waals surface area contributed by atoms with Crippen molar-refractivity contribution >= 4 is 11.9 Å². The summed E-state index contributed by atoms with van der Waals surface area (Å²) in [7, 11) is 1.68. The lowest BCUT2D eigenvalue weighted by Crippen LogP contribution is -2.38. The van der Waals surface area contributed by atoms with Gasteiger partial charge in [0.05, 0.1) is 13.7 Å². The summed E-state index contributed by atoms with van der Waals surface area (Å²) < 4.78 is 5.36. The van der Waals surface area contributed by atoms with E-state index in [1.54, 1.807) is 7.11 Å². The molecule has 3 N–H and O–H groups in total. The highest BCUT2D eigenvalue weighted by molar-refractivity contribution is 5.80. The number of ether oxygens (including phenoxy) is 1. The molecule has 0 aliphatic heterocycles. The number of amides is 1. The number of guanidine groups is 1. The molecule has 1 atom stereocenters. The Morgan fingerprint density at radius 2 is 2.00 bits per heavy atom. The number of rotatable bonds is 10. The molecule has 0 saturated heterocycles. The molecule has 0 fully saturated rings. The van der Waals surface area contributed by atoms with Crippen LogP contribution >= 0.6 is 0 Å². The molecule has 0 heterocycles. The maximum absolute atomic E-state index is 11.8. The Labute approximate surface area is 151 Å². The van der Waals surface area contributed by atoms with Crippen molar-refractivity contribution in [3.05, 3.63) is 29.8 Å². The van der Waals surface area contributed by atoms with E-state index in [1.165, 1.54) is 0 Å². The Kier molecular flexibility index (Phi) is 10.1. The number of hydrogen-bond donors (Lipinski definition) is 3. The third-order valence-corrected chi connectivity index (χ3v) is 3.85. The van der Waals surface area contributed by atoms with Crippen LogP contribution in [-0.4, -0.2) is 44.7 Å². The van der Waals surface area contributed by atoms with Crippen LogP contribution in [0.15, 0.2) is 29.3 Å². The first kappa shape index (κ1) is 20.8. The molecular weight excluding hydrogens is 316 g/mol. The van der Waals surface area contributed by atoms with Gasteiger partial charge in [-0.05, 0) is 38.3 Å². The van der Waals surface area contributed by atoms with E-state index in [1.807, 2.05) is 32.0 Å². The number of nitrogens with zero attached hydrogens (tertiary/aromatic N) is 1. The number of benzene rings is 1. The molecule has 0 spiro atoms. The van der Waals surface area contributed by atoms with E-state index in [0.717, 1.165) is 43.2 Å². The molecule has 6 nitrogen and oxygen atoms in total. The Bertz CT molecular complexity index is 546. The monoisotopic (exact) mass is 348 g/mol. The fourth-order valence-corrected chi connectivity index (χ4v) is 2.29. The molecule has 6 heteroatoms. The lowest BCUT2D eigenvalue weighted by atomic mass is 10.1. The van der Waals surface area contributed by atoms with Crippen molar-refractivity contribution in [2.45, 2.75) is 46.1 Å². The van der Waals surface area contributed by atoms with Gasteiger partial charge in [0.15, 0.2) is 5.96 Å². The van der Waals surface area contributed by atoms with Crippen LogP contribution in [0.2, 0.25) is 0 Å². The van der Waals surface area contributed by atoms with Crippen molar-refractivity contribution < 1.29 is 9.53 Å². The zero-order chi connectivity index (χ0) is 18.5. The molecule has 1 unspecified atom stereocenters. The van der Waals surface area contributed by atoms with E-state index in [-0.39, 0.29) is 11.9 Å². The summed E-state index contributed by atoms with van der Waals surface area (Å²) >= 11 is 0. The Balaban J connectivity index is 2.44. The summed E-state index contributed by atoms with van der Waals surface area (Å²) in [6.07, 6.45) is 2.17. The predicted octanol–water partition coefficient (Wildman–Crippen LogP) is 2.10. The van der Waals surface area contributed by atoms with Gasteiger partial charge in [-0.1, -0.05) is 25.1 Å². The van der Waals surface area contributed by atoms with E-state index in [2.05, 4.69) is 33.9 Å². The Hall–Kier alpha value is -2.24. The molecule has 0 aliphatic rings. The fraction of sp³-hybridized carbons (Fsp3) is 0.579. The van der Waals surface area contributed by atoms with E-state index in [0.29, 0.717) is 13.0 Å². The van der Waals surface area contributed by atoms with Crippen LogP contribution in [0.3, 0.4) is 0 Å². The second-order valence-electron chi connectivity index (χ2n) is 5.88. The van der Waals surface area contributed by atoms with Gasteiger partial charge in [-0.2, -0.15) is 0 Å². The number of carbonyl (C=O) groups is 1. The highest BCUT2D eigenvalue weighted by atomic mass is 16.5. The highest BCUT2D eigenvalue weighted by Crippen LogP contribution is 2.17. The van der Waals surface area contributed by atoms with Gasteiger partial charge in [0.1, 0.15) is 5.75 Å². The summed E-state index contributed by atoms with van der Waals surface area (Å²) in [5.41, 5.74) is 1.15. The summed E-state index contributed by atoms with van der Waals surface area (Å²) in [4.78, 5) is 16.2. The third-order valence-electron chi connectivity index (χ3n) is 3.85. The summed E-state index contributed by atoms with van der Waals surface area (Å²) in [6.45, 7) is 8.06. The van der Waals surface area contributed by atoms with Gasteiger partial charge < -0.3 is 20.7 Å². The van der Waals surface area contributed by atoms with Crippen molar-refractivity contribution in [3.8, 4) is 5.75 Å². The third kappa shape index (κ3) is 8.42. The molecule has 0 bridgehead atoms. The molecular formula is C19H32N4O2. The maximum Gasteiger partial charge on any atom is 0.222 e. The Morgan fingerprint density at radius 3 is 2.68 bits per heavy atom. The number of nitrogens with one attached hydrogen (secondary N) is 3. The molecule has 0 aliphatic carbocycles. The molecule has 1 amide bonds. The van der Waals surface area contributed by atoms with Crippen LogP contribution < -0.4 is 20.7 Å². The quantitative estimate of drug-likeness (QED) is 0.447. The van der Waals surface area contributed by atoms with Crippen LogP contribution in [0.1, 0.15) is 39.2 Å². The minimum atomic E-state index is 0.0444. The Morgan fingerprint density at radius 1 is 1.24 bits per heavy atom. The molecule has 0 saturated carbocycles. The zero-order valence-corrected chi connectivity index (χ0v) is 15.9. The van der Waals surface area contributed by atoms with Crippen molar-refractivity contribution in [1.29, 1.82) is 0 Å². The number of hydrogen-bond acceptors (Lipinski definition) is 3. The van der Waals surface area contributed by atoms with Crippen LogP contribution in [-0.2, 0) is 11.2 Å². The molecule has 140 valence electrons. The van der Waals surface area contributed by atoms with Gasteiger partial charge in [-0.15, -0.1) is 0 Å². The van der Waals surface area contributed by atoms with Crippen molar-refractivity contribution in [2.24, 2.45) is 4.99 Å². The lowest BCUT2D eigenvalue weighted by Gasteiger charge is -2.13. The van der Waals surface area contributed by atoms with Crippen molar-refractivity contribution in [1.82, 2.24) is 16.0 Å². The normalized spacial score (nSPS) is 12.4. The number of para-hydroxylation sites is 1. The van der Waals surface area contributed by atoms with Gasteiger partial charge in [0.25, 0.3) is 0 Å². The van der Waals surface area contributed by atoms with Crippen LogP contribution in [0.4, 0.5) is 0 Å². The van der Waals surface area contributed by atoms with E-state index >= 15 is 0 Å². The van der Waals surface area contributed by atoms with E-state index in [4.69, 9.17) is 4.74 Å². The van der Waals surface area contributed by atoms with Crippen LogP contribution in [0, 0.1) is 0 Å². The molecule has 0 aromatic heterocycles. The average molecular weight is 348 g/mol. The standard InChI is InChI=1S/C19H32N4O2/c1-5-15(3)23-18(24)12-14-22-19(20-6-2)21-13-11-16-9-7-8-10-17(16)25-4/h7-10,15H,5-6,11-14H2,1-4H3,(H,23,24)(H2,20,21,22). The first-order chi connectivity index (χ1) is 12.1. The largest absolute Gasteiger partial charge is 0.496 e. The summed E-state index contributed by atoms with van der Waals surface area (Å²) in [5.74, 6) is 1.67. The number of methoxy groups -OCH3 is 1. The van der Waals surface area contributed by atoms with Crippen LogP contribution in [0.5, 0.6) is 5.75 Å². The smallest absolute Gasteiger partial charge is 0.222 e. The first-order valence-corrected chi connectivity index (χ1v) is 9.04. The fourth-order valence-electron chi connectivity index (χ4n) is 2.29. The minimum absolute atomic E-state index is 0.0444. The second-order valence-corrected chi connectivity index (χ2v) is 5.88. The zero-order valence-electron chi connectivity index (χ0n) is 15.9. The van der Waals surface area contributed by atoms with Crippen LogP contribution in [0.25, 0.3) is 0 Å². The average Bonchev–Trinajstić information content (AvgIpc) is 2.62. The lowest BCUT2D eigenvalue weighted by molar-refractivity contribution is -0.121. The van der Waals surface area contributed by atoms with Gasteiger partial charge in [0, 0.05) is 25.6 Å². The maximum atomic E-state index is 11.8. The number of aliphatic imine (C=N–C) groups is 1.